The Balaban J connectivity index is 0.00000121. The zero-order chi connectivity index (χ0) is 8.48. The summed E-state index contributed by atoms with van der Waals surface area (Å²) >= 11 is 1.59. The molecule has 1 aromatic heterocycles. The quantitative estimate of drug-likeness (QED) is 0.763. The smallest absolute Gasteiger partial charge is 0.131 e. The molecule has 0 radical (unpaired) electrons. The minimum atomic E-state index is 0. The van der Waals surface area contributed by atoms with Crippen LogP contribution in [0.1, 0.15) is 30.8 Å². The highest BCUT2D eigenvalue weighted by atomic mass is 35.5. The predicted octanol–water partition coefficient (Wildman–Crippen LogP) is 1.72. The van der Waals surface area contributed by atoms with Crippen LogP contribution in [0, 0.1) is 0 Å². The van der Waals surface area contributed by atoms with Crippen LogP contribution < -0.4 is 5.73 Å². The van der Waals surface area contributed by atoms with E-state index in [1.54, 1.807) is 11.3 Å². The lowest BCUT2D eigenvalue weighted by Crippen LogP contribution is -2.10. The van der Waals surface area contributed by atoms with E-state index in [9.17, 15) is 0 Å². The molecular weight excluding hydrogens is 194 g/mol. The molecule has 2 N–H and O–H groups in total. The van der Waals surface area contributed by atoms with Crippen molar-refractivity contribution in [2.75, 3.05) is 0 Å². The van der Waals surface area contributed by atoms with Gasteiger partial charge in [0.25, 0.3) is 0 Å². The van der Waals surface area contributed by atoms with Gasteiger partial charge in [-0.1, -0.05) is 32.1 Å². The summed E-state index contributed by atoms with van der Waals surface area (Å²) in [6.45, 7) is 6.85. The maximum Gasteiger partial charge on any atom is 0.131 e. The summed E-state index contributed by atoms with van der Waals surface area (Å²) in [7, 11) is 0. The van der Waals surface area contributed by atoms with Crippen molar-refractivity contribution in [2.45, 2.75) is 32.7 Å². The number of hydrogen-bond donors (Lipinski definition) is 1. The highest BCUT2D eigenvalue weighted by Crippen LogP contribution is 2.24. The molecule has 1 aromatic rings. The Morgan fingerprint density at radius 2 is 1.92 bits per heavy atom. The van der Waals surface area contributed by atoms with Gasteiger partial charge in [0, 0.05) is 12.0 Å². The molecule has 0 amide bonds. The largest absolute Gasteiger partial charge is 0.324 e. The zero-order valence-corrected chi connectivity index (χ0v) is 9.13. The molecule has 1 heterocycles. The van der Waals surface area contributed by atoms with Gasteiger partial charge < -0.3 is 5.73 Å². The van der Waals surface area contributed by atoms with Crippen LogP contribution in [0.15, 0.2) is 0 Å². The van der Waals surface area contributed by atoms with Crippen LogP contribution >= 0.6 is 23.7 Å². The van der Waals surface area contributed by atoms with Crippen LogP contribution in [0.4, 0.5) is 0 Å². The highest BCUT2D eigenvalue weighted by Gasteiger charge is 2.18. The second kappa shape index (κ2) is 4.16. The summed E-state index contributed by atoms with van der Waals surface area (Å²) in [6.07, 6.45) is 0. The van der Waals surface area contributed by atoms with Gasteiger partial charge in [-0.15, -0.1) is 22.6 Å². The molecule has 0 aliphatic rings. The predicted molar refractivity (Wildman–Crippen MR) is 53.7 cm³/mol. The van der Waals surface area contributed by atoms with Crippen LogP contribution in [-0.4, -0.2) is 10.2 Å². The van der Waals surface area contributed by atoms with Crippen LogP contribution in [0.5, 0.6) is 0 Å². The summed E-state index contributed by atoms with van der Waals surface area (Å²) < 4.78 is 0. The SMILES string of the molecule is CC(C)(C)c1nnc(CN)s1.Cl. The second-order valence-corrected chi connectivity index (χ2v) is 4.52. The Labute approximate surface area is 82.8 Å². The summed E-state index contributed by atoms with van der Waals surface area (Å²) in [4.78, 5) is 0. The fourth-order valence-electron chi connectivity index (χ4n) is 0.639. The van der Waals surface area contributed by atoms with Crippen molar-refractivity contribution in [3.8, 4) is 0 Å². The maximum absolute atomic E-state index is 5.41. The first kappa shape index (κ1) is 11.8. The molecule has 3 nitrogen and oxygen atoms in total. The molecule has 12 heavy (non-hydrogen) atoms. The number of halogens is 1. The lowest BCUT2D eigenvalue weighted by atomic mass is 9.98. The standard InChI is InChI=1S/C7H13N3S.ClH/c1-7(2,3)6-10-9-5(4-8)11-6;/h4,8H2,1-3H3;1H. The van der Waals surface area contributed by atoms with Crippen LogP contribution in [0.25, 0.3) is 0 Å². The van der Waals surface area contributed by atoms with E-state index in [0.717, 1.165) is 10.0 Å². The Bertz CT molecular complexity index is 241. The Kier molecular flexibility index (Phi) is 4.10. The first-order chi connectivity index (χ1) is 5.04. The number of rotatable bonds is 1. The number of nitrogens with two attached hydrogens (primary N) is 1. The molecule has 70 valence electrons. The van der Waals surface area contributed by atoms with E-state index in [1.807, 2.05) is 0 Å². The summed E-state index contributed by atoms with van der Waals surface area (Å²) in [5.41, 5.74) is 5.52. The summed E-state index contributed by atoms with van der Waals surface area (Å²) in [6, 6.07) is 0. The van der Waals surface area contributed by atoms with Gasteiger partial charge in [-0.25, -0.2) is 0 Å². The lowest BCUT2D eigenvalue weighted by molar-refractivity contribution is 0.577. The van der Waals surface area contributed by atoms with Crippen LogP contribution in [0.2, 0.25) is 0 Å². The highest BCUT2D eigenvalue weighted by molar-refractivity contribution is 7.11. The average Bonchev–Trinajstić information content (AvgIpc) is 2.32. The number of aromatic nitrogens is 2. The van der Waals surface area contributed by atoms with E-state index >= 15 is 0 Å². The summed E-state index contributed by atoms with van der Waals surface area (Å²) in [5, 5.41) is 9.96. The molecule has 0 spiro atoms. The van der Waals surface area contributed by atoms with Crippen molar-refractivity contribution in [1.82, 2.24) is 10.2 Å². The van der Waals surface area contributed by atoms with Crippen LogP contribution in [-0.2, 0) is 12.0 Å². The van der Waals surface area contributed by atoms with Crippen molar-refractivity contribution in [2.24, 2.45) is 5.73 Å². The first-order valence-corrected chi connectivity index (χ1v) is 4.38. The van der Waals surface area contributed by atoms with Gasteiger partial charge in [-0.2, -0.15) is 0 Å². The lowest BCUT2D eigenvalue weighted by Gasteiger charge is -2.12. The van der Waals surface area contributed by atoms with E-state index in [1.165, 1.54) is 0 Å². The average molecular weight is 208 g/mol. The van der Waals surface area contributed by atoms with Crippen molar-refractivity contribution >= 4 is 23.7 Å². The molecule has 0 saturated carbocycles. The number of hydrogen-bond acceptors (Lipinski definition) is 4. The first-order valence-electron chi connectivity index (χ1n) is 3.57. The minimum Gasteiger partial charge on any atom is -0.324 e. The van der Waals surface area contributed by atoms with Gasteiger partial charge >= 0.3 is 0 Å². The Hall–Kier alpha value is -0.190. The topological polar surface area (TPSA) is 51.8 Å². The molecule has 0 atom stereocenters. The van der Waals surface area contributed by atoms with Crippen LogP contribution in [0.3, 0.4) is 0 Å². The fourth-order valence-corrected chi connectivity index (χ4v) is 1.42. The normalized spacial score (nSPS) is 11.0. The van der Waals surface area contributed by atoms with Gasteiger partial charge in [0.15, 0.2) is 0 Å². The Morgan fingerprint density at radius 1 is 1.33 bits per heavy atom. The van der Waals surface area contributed by atoms with Crippen molar-refractivity contribution in [3.05, 3.63) is 10.0 Å². The second-order valence-electron chi connectivity index (χ2n) is 3.46. The molecule has 0 bridgehead atoms. The van der Waals surface area contributed by atoms with Crippen molar-refractivity contribution in [3.63, 3.8) is 0 Å². The molecule has 0 aromatic carbocycles. The molecule has 0 aliphatic carbocycles. The molecule has 0 unspecified atom stereocenters. The van der Waals surface area contributed by atoms with Gasteiger partial charge in [0.05, 0.1) is 0 Å². The van der Waals surface area contributed by atoms with Gasteiger partial charge in [0.1, 0.15) is 10.0 Å². The minimum absolute atomic E-state index is 0. The van der Waals surface area contributed by atoms with Gasteiger partial charge in [-0.3, -0.25) is 0 Å². The fraction of sp³-hybridized carbons (Fsp3) is 0.714. The molecular formula is C7H14ClN3S. The van der Waals surface area contributed by atoms with E-state index < -0.39 is 0 Å². The van der Waals surface area contributed by atoms with E-state index in [2.05, 4.69) is 31.0 Å². The van der Waals surface area contributed by atoms with Gasteiger partial charge in [0.2, 0.25) is 0 Å². The molecule has 0 aliphatic heterocycles. The molecule has 5 heteroatoms. The third kappa shape index (κ3) is 2.69. The molecule has 1 rings (SSSR count). The Morgan fingerprint density at radius 3 is 2.17 bits per heavy atom. The monoisotopic (exact) mass is 207 g/mol. The van der Waals surface area contributed by atoms with E-state index in [-0.39, 0.29) is 17.8 Å². The maximum atomic E-state index is 5.41. The van der Waals surface area contributed by atoms with Gasteiger partial charge in [-0.05, 0) is 0 Å². The summed E-state index contributed by atoms with van der Waals surface area (Å²) in [5.74, 6) is 0. The van der Waals surface area contributed by atoms with E-state index in [0.29, 0.717) is 6.54 Å². The van der Waals surface area contributed by atoms with E-state index in [4.69, 9.17) is 5.73 Å². The van der Waals surface area contributed by atoms with Crippen molar-refractivity contribution in [1.29, 1.82) is 0 Å². The zero-order valence-electron chi connectivity index (χ0n) is 7.50. The third-order valence-electron chi connectivity index (χ3n) is 1.28. The molecule has 0 fully saturated rings. The third-order valence-corrected chi connectivity index (χ3v) is 2.65. The molecule has 0 saturated heterocycles. The number of nitrogens with zero attached hydrogens (tertiary/aromatic N) is 2. The van der Waals surface area contributed by atoms with Crippen molar-refractivity contribution < 1.29 is 0 Å².